The van der Waals surface area contributed by atoms with E-state index in [-0.39, 0.29) is 11.9 Å². The van der Waals surface area contributed by atoms with E-state index in [1.165, 1.54) is 11.0 Å². The van der Waals surface area contributed by atoms with Crippen molar-refractivity contribution in [2.75, 3.05) is 13.3 Å². The zero-order chi connectivity index (χ0) is 13.8. The first-order valence-corrected chi connectivity index (χ1v) is 7.52. The molecule has 0 aliphatic heterocycles. The molecule has 0 saturated carbocycles. The molecule has 0 aliphatic carbocycles. The first kappa shape index (κ1) is 14.4. The van der Waals surface area contributed by atoms with Gasteiger partial charge in [-0.2, -0.15) is 0 Å². The van der Waals surface area contributed by atoms with Gasteiger partial charge in [-0.1, -0.05) is 29.8 Å². The van der Waals surface area contributed by atoms with Gasteiger partial charge >= 0.3 is 0 Å². The fraction of sp³-hybridized carbons (Fsp3) is 0.200. The lowest BCUT2D eigenvalue weighted by atomic mass is 9.98. The molecule has 0 bridgehead atoms. The highest BCUT2D eigenvalue weighted by molar-refractivity contribution is 7.98. The molecule has 1 nitrogen and oxygen atoms in total. The molecular formula is C15H15ClFNS. The van der Waals surface area contributed by atoms with Crippen molar-refractivity contribution in [2.24, 2.45) is 0 Å². The summed E-state index contributed by atoms with van der Waals surface area (Å²) >= 11 is 7.47. The van der Waals surface area contributed by atoms with Crippen LogP contribution >= 0.6 is 23.4 Å². The quantitative estimate of drug-likeness (QED) is 0.833. The first-order valence-electron chi connectivity index (χ1n) is 5.92. The lowest BCUT2D eigenvalue weighted by Crippen LogP contribution is -2.18. The molecule has 2 rings (SSSR count). The van der Waals surface area contributed by atoms with E-state index in [9.17, 15) is 4.39 Å². The Kier molecular flexibility index (Phi) is 4.86. The van der Waals surface area contributed by atoms with E-state index in [0.717, 1.165) is 5.56 Å². The number of benzene rings is 2. The Balaban J connectivity index is 2.37. The summed E-state index contributed by atoms with van der Waals surface area (Å²) in [7, 11) is 1.82. The Labute approximate surface area is 122 Å². The molecule has 4 heteroatoms. The zero-order valence-corrected chi connectivity index (χ0v) is 12.4. The van der Waals surface area contributed by atoms with Crippen LogP contribution in [-0.4, -0.2) is 13.3 Å². The fourth-order valence-corrected chi connectivity index (χ4v) is 2.60. The Morgan fingerprint density at radius 3 is 2.37 bits per heavy atom. The maximum atomic E-state index is 14.0. The predicted molar refractivity (Wildman–Crippen MR) is 80.5 cm³/mol. The summed E-state index contributed by atoms with van der Waals surface area (Å²) in [5.74, 6) is -0.291. The second kappa shape index (κ2) is 6.42. The smallest absolute Gasteiger partial charge is 0.129 e. The van der Waals surface area contributed by atoms with Crippen LogP contribution in [-0.2, 0) is 0 Å². The van der Waals surface area contributed by atoms with Crippen molar-refractivity contribution in [1.29, 1.82) is 0 Å². The molecule has 19 heavy (non-hydrogen) atoms. The topological polar surface area (TPSA) is 12.0 Å². The van der Waals surface area contributed by atoms with E-state index in [1.54, 1.807) is 23.9 Å². The van der Waals surface area contributed by atoms with E-state index in [1.807, 2.05) is 37.6 Å². The van der Waals surface area contributed by atoms with Crippen molar-refractivity contribution in [2.45, 2.75) is 10.9 Å². The molecule has 2 aromatic carbocycles. The minimum atomic E-state index is -0.291. The van der Waals surface area contributed by atoms with Gasteiger partial charge in [0.1, 0.15) is 5.82 Å². The minimum absolute atomic E-state index is 0.173. The molecule has 0 saturated heterocycles. The average molecular weight is 296 g/mol. The van der Waals surface area contributed by atoms with Crippen molar-refractivity contribution in [3.63, 3.8) is 0 Å². The fourth-order valence-electron chi connectivity index (χ4n) is 2.03. The van der Waals surface area contributed by atoms with E-state index in [2.05, 4.69) is 5.32 Å². The van der Waals surface area contributed by atoms with E-state index in [0.29, 0.717) is 10.6 Å². The van der Waals surface area contributed by atoms with Gasteiger partial charge in [-0.15, -0.1) is 11.8 Å². The van der Waals surface area contributed by atoms with Gasteiger partial charge < -0.3 is 5.32 Å². The summed E-state index contributed by atoms with van der Waals surface area (Å²) in [6.45, 7) is 0. The minimum Gasteiger partial charge on any atom is -0.309 e. The Bertz CT molecular complexity index is 557. The summed E-state index contributed by atoms with van der Waals surface area (Å²) in [6.07, 6.45) is 2.03. The number of hydrogen-bond donors (Lipinski definition) is 1. The highest BCUT2D eigenvalue weighted by atomic mass is 35.5. The van der Waals surface area contributed by atoms with E-state index in [4.69, 9.17) is 11.6 Å². The molecular weight excluding hydrogens is 281 g/mol. The SMILES string of the molecule is CNC(c1ccc(SC)cc1)c1ccc(Cl)cc1F. The van der Waals surface area contributed by atoms with Crippen LogP contribution in [0.5, 0.6) is 0 Å². The number of hydrogen-bond acceptors (Lipinski definition) is 2. The van der Waals surface area contributed by atoms with E-state index >= 15 is 0 Å². The predicted octanol–water partition coefficient (Wildman–Crippen LogP) is 4.51. The van der Waals surface area contributed by atoms with Gasteiger partial charge in [-0.25, -0.2) is 4.39 Å². The van der Waals surface area contributed by atoms with Crippen molar-refractivity contribution in [1.82, 2.24) is 5.32 Å². The van der Waals surface area contributed by atoms with Crippen LogP contribution in [0.1, 0.15) is 17.2 Å². The van der Waals surface area contributed by atoms with Crippen LogP contribution in [0, 0.1) is 5.82 Å². The van der Waals surface area contributed by atoms with Gasteiger partial charge in [0.25, 0.3) is 0 Å². The molecule has 0 aliphatic rings. The lowest BCUT2D eigenvalue weighted by Gasteiger charge is -2.18. The molecule has 100 valence electrons. The van der Waals surface area contributed by atoms with Gasteiger partial charge in [0, 0.05) is 15.5 Å². The zero-order valence-electron chi connectivity index (χ0n) is 10.8. The third-order valence-electron chi connectivity index (χ3n) is 3.01. The number of halogens is 2. The summed E-state index contributed by atoms with van der Waals surface area (Å²) < 4.78 is 14.0. The molecule has 0 amide bonds. The van der Waals surface area contributed by atoms with Gasteiger partial charge in [-0.05, 0) is 43.1 Å². The highest BCUT2D eigenvalue weighted by Crippen LogP contribution is 2.27. The molecule has 0 heterocycles. The Hall–Kier alpha value is -1.03. The standard InChI is InChI=1S/C15H15ClFNS/c1-18-15(10-3-6-12(19-2)7-4-10)13-8-5-11(16)9-14(13)17/h3-9,15,18H,1-2H3. The van der Waals surface area contributed by atoms with Crippen LogP contribution in [0.2, 0.25) is 5.02 Å². The van der Waals surface area contributed by atoms with Crippen LogP contribution in [0.3, 0.4) is 0 Å². The largest absolute Gasteiger partial charge is 0.309 e. The number of rotatable bonds is 4. The van der Waals surface area contributed by atoms with Crippen LogP contribution in [0.4, 0.5) is 4.39 Å². The third-order valence-corrected chi connectivity index (χ3v) is 3.99. The monoisotopic (exact) mass is 295 g/mol. The molecule has 1 unspecified atom stereocenters. The molecule has 0 radical (unpaired) electrons. The molecule has 0 spiro atoms. The second-order valence-corrected chi connectivity index (χ2v) is 5.48. The van der Waals surface area contributed by atoms with Crippen LogP contribution in [0.25, 0.3) is 0 Å². The van der Waals surface area contributed by atoms with Gasteiger partial charge in [0.2, 0.25) is 0 Å². The number of nitrogens with one attached hydrogen (secondary N) is 1. The van der Waals surface area contributed by atoms with Gasteiger partial charge in [-0.3, -0.25) is 0 Å². The van der Waals surface area contributed by atoms with Crippen LogP contribution < -0.4 is 5.32 Å². The van der Waals surface area contributed by atoms with E-state index < -0.39 is 0 Å². The van der Waals surface area contributed by atoms with Crippen LogP contribution in [0.15, 0.2) is 47.4 Å². The molecule has 0 fully saturated rings. The average Bonchev–Trinajstić information content (AvgIpc) is 2.42. The normalized spacial score (nSPS) is 12.4. The molecule has 0 aromatic heterocycles. The molecule has 1 atom stereocenters. The number of thioether (sulfide) groups is 1. The Morgan fingerprint density at radius 1 is 1.16 bits per heavy atom. The molecule has 1 N–H and O–H groups in total. The van der Waals surface area contributed by atoms with Gasteiger partial charge in [0.15, 0.2) is 0 Å². The van der Waals surface area contributed by atoms with Crippen molar-refractivity contribution >= 4 is 23.4 Å². The summed E-state index contributed by atoms with van der Waals surface area (Å²) in [6, 6.07) is 12.7. The summed E-state index contributed by atoms with van der Waals surface area (Å²) in [5.41, 5.74) is 1.63. The summed E-state index contributed by atoms with van der Waals surface area (Å²) in [5, 5.41) is 3.55. The second-order valence-electron chi connectivity index (χ2n) is 4.16. The maximum Gasteiger partial charge on any atom is 0.129 e. The Morgan fingerprint density at radius 2 is 1.84 bits per heavy atom. The highest BCUT2D eigenvalue weighted by Gasteiger charge is 2.16. The van der Waals surface area contributed by atoms with Crippen molar-refractivity contribution < 1.29 is 4.39 Å². The lowest BCUT2D eigenvalue weighted by molar-refractivity contribution is 0.576. The van der Waals surface area contributed by atoms with Crippen molar-refractivity contribution in [3.8, 4) is 0 Å². The van der Waals surface area contributed by atoms with Gasteiger partial charge in [0.05, 0.1) is 6.04 Å². The summed E-state index contributed by atoms with van der Waals surface area (Å²) in [4.78, 5) is 1.19. The molecule has 2 aromatic rings. The maximum absolute atomic E-state index is 14.0. The van der Waals surface area contributed by atoms with Crippen molar-refractivity contribution in [3.05, 3.63) is 64.4 Å². The first-order chi connectivity index (χ1) is 9.15. The third kappa shape index (κ3) is 3.30.